The summed E-state index contributed by atoms with van der Waals surface area (Å²) in [6, 6.07) is 53.4. The fourth-order valence-corrected chi connectivity index (χ4v) is 5.60. The summed E-state index contributed by atoms with van der Waals surface area (Å²) < 4.78 is 2.20. The number of carbonyl (C=O) groups is 1. The number of aromatic nitrogens is 1. The maximum atomic E-state index is 12.8. The topological polar surface area (TPSA) is 46.8 Å². The van der Waals surface area contributed by atoms with Crippen LogP contribution >= 0.6 is 0 Å². The second-order valence-electron chi connectivity index (χ2n) is 10.9. The smallest absolute Gasteiger partial charge is 0.337 e. The molecule has 0 fully saturated rings. The molecular formula is C41H31N3O2. The van der Waals surface area contributed by atoms with Crippen molar-refractivity contribution in [1.82, 2.24) is 4.57 Å². The lowest BCUT2D eigenvalue weighted by molar-refractivity contribution is -0.136. The van der Waals surface area contributed by atoms with Gasteiger partial charge in [-0.3, -0.25) is 0 Å². The van der Waals surface area contributed by atoms with Gasteiger partial charge in [0.2, 0.25) is 0 Å². The van der Waals surface area contributed by atoms with Crippen molar-refractivity contribution in [2.45, 2.75) is 6.54 Å². The van der Waals surface area contributed by atoms with Gasteiger partial charge in [0.25, 0.3) is 0 Å². The molecule has 6 aromatic rings. The highest BCUT2D eigenvalue weighted by Crippen LogP contribution is 2.34. The molecule has 0 spiro atoms. The Morgan fingerprint density at radius 1 is 0.587 bits per heavy atom. The number of rotatable bonds is 9. The van der Waals surface area contributed by atoms with Crippen LogP contribution in [0.5, 0.6) is 0 Å². The second-order valence-corrected chi connectivity index (χ2v) is 10.9. The molecule has 0 bridgehead atoms. The Kier molecular flexibility index (Phi) is 8.20. The molecule has 0 N–H and O–H groups in total. The Bertz CT molecular complexity index is 1990. The van der Waals surface area contributed by atoms with E-state index in [0.29, 0.717) is 17.8 Å². The van der Waals surface area contributed by atoms with Crippen LogP contribution in [0.25, 0.3) is 18.2 Å². The zero-order valence-electron chi connectivity index (χ0n) is 25.1. The van der Waals surface area contributed by atoms with Crippen LogP contribution in [0.4, 0.5) is 17.1 Å². The average molecular weight is 598 g/mol. The summed E-state index contributed by atoms with van der Waals surface area (Å²) in [5.41, 5.74) is 9.23. The molecule has 46 heavy (non-hydrogen) atoms. The van der Waals surface area contributed by atoms with Crippen LogP contribution < -0.4 is 4.90 Å². The Balaban J connectivity index is 1.20. The van der Waals surface area contributed by atoms with Crippen molar-refractivity contribution < 1.29 is 9.63 Å². The van der Waals surface area contributed by atoms with Gasteiger partial charge >= 0.3 is 5.97 Å². The Labute approximate surface area is 268 Å². The lowest BCUT2D eigenvalue weighted by atomic mass is 10.0. The molecule has 5 aromatic carbocycles. The van der Waals surface area contributed by atoms with E-state index in [2.05, 4.69) is 118 Å². The number of benzene rings is 5. The average Bonchev–Trinajstić information content (AvgIpc) is 3.68. The maximum Gasteiger partial charge on any atom is 0.368 e. The summed E-state index contributed by atoms with van der Waals surface area (Å²) in [4.78, 5) is 20.1. The minimum absolute atomic E-state index is 0.436. The van der Waals surface area contributed by atoms with Crippen molar-refractivity contribution in [3.63, 3.8) is 0 Å². The first kappa shape index (κ1) is 28.6. The van der Waals surface area contributed by atoms with Gasteiger partial charge in [0.15, 0.2) is 0 Å². The number of hydrogen-bond acceptors (Lipinski definition) is 4. The van der Waals surface area contributed by atoms with Crippen LogP contribution in [0.3, 0.4) is 0 Å². The molecule has 222 valence electrons. The van der Waals surface area contributed by atoms with Gasteiger partial charge in [0, 0.05) is 40.6 Å². The van der Waals surface area contributed by atoms with Crippen molar-refractivity contribution in [2.75, 3.05) is 4.90 Å². The van der Waals surface area contributed by atoms with E-state index in [4.69, 9.17) is 4.84 Å². The van der Waals surface area contributed by atoms with E-state index in [0.717, 1.165) is 45.1 Å². The first-order valence-corrected chi connectivity index (χ1v) is 15.2. The van der Waals surface area contributed by atoms with E-state index >= 15 is 0 Å². The molecule has 5 nitrogen and oxygen atoms in total. The molecule has 0 radical (unpaired) electrons. The van der Waals surface area contributed by atoms with E-state index in [1.807, 2.05) is 72.8 Å². The SMILES string of the molecule is O=C1ON=C(c2ccccc2)/C1=C/c1ccc(/C=C/c2ccc(N(c3ccccc3)c3ccccc3)cc2)n1Cc1ccccc1. The molecule has 0 unspecified atom stereocenters. The van der Waals surface area contributed by atoms with Gasteiger partial charge in [-0.1, -0.05) is 120 Å². The lowest BCUT2D eigenvalue weighted by Gasteiger charge is -2.25. The first-order chi connectivity index (χ1) is 22.7. The third kappa shape index (κ3) is 6.21. The summed E-state index contributed by atoms with van der Waals surface area (Å²) in [5, 5.41) is 4.09. The number of carbonyl (C=O) groups excluding carboxylic acids is 1. The van der Waals surface area contributed by atoms with Crippen molar-refractivity contribution in [3.05, 3.63) is 191 Å². The Hall–Kier alpha value is -6.20. The lowest BCUT2D eigenvalue weighted by Crippen LogP contribution is -2.09. The van der Waals surface area contributed by atoms with Crippen LogP contribution in [0.1, 0.15) is 28.1 Å². The summed E-state index contributed by atoms with van der Waals surface area (Å²) in [5.74, 6) is -0.455. The third-order valence-corrected chi connectivity index (χ3v) is 7.89. The van der Waals surface area contributed by atoms with Crippen molar-refractivity contribution in [1.29, 1.82) is 0 Å². The van der Waals surface area contributed by atoms with E-state index in [1.165, 1.54) is 0 Å². The monoisotopic (exact) mass is 597 g/mol. The summed E-state index contributed by atoms with van der Waals surface area (Å²) >= 11 is 0. The van der Waals surface area contributed by atoms with Gasteiger partial charge in [-0.2, -0.15) is 0 Å². The second kappa shape index (κ2) is 13.2. The quantitative estimate of drug-likeness (QED) is 0.123. The summed E-state index contributed by atoms with van der Waals surface area (Å²) in [7, 11) is 0. The van der Waals surface area contributed by atoms with Crippen LogP contribution in [0.15, 0.2) is 168 Å². The van der Waals surface area contributed by atoms with E-state index < -0.39 is 5.97 Å². The van der Waals surface area contributed by atoms with Gasteiger partial charge < -0.3 is 14.3 Å². The molecule has 0 aliphatic carbocycles. The van der Waals surface area contributed by atoms with Crippen molar-refractivity contribution in [2.24, 2.45) is 5.16 Å². The molecule has 0 atom stereocenters. The van der Waals surface area contributed by atoms with Crippen LogP contribution in [-0.2, 0) is 16.2 Å². The van der Waals surface area contributed by atoms with Gasteiger partial charge in [0.05, 0.1) is 5.57 Å². The van der Waals surface area contributed by atoms with E-state index in [-0.39, 0.29) is 0 Å². The number of oxime groups is 1. The summed E-state index contributed by atoms with van der Waals surface area (Å²) in [6.45, 7) is 0.640. The Morgan fingerprint density at radius 2 is 1.13 bits per heavy atom. The number of nitrogens with zero attached hydrogens (tertiary/aromatic N) is 3. The molecule has 0 saturated carbocycles. The number of para-hydroxylation sites is 2. The molecule has 0 amide bonds. The van der Waals surface area contributed by atoms with Crippen LogP contribution in [0, 0.1) is 0 Å². The summed E-state index contributed by atoms with van der Waals surface area (Å²) in [6.07, 6.45) is 6.11. The van der Waals surface area contributed by atoms with E-state index in [9.17, 15) is 4.79 Å². The molecule has 2 heterocycles. The molecule has 1 aliphatic heterocycles. The molecule has 7 rings (SSSR count). The minimum atomic E-state index is -0.455. The predicted octanol–water partition coefficient (Wildman–Crippen LogP) is 9.52. The van der Waals surface area contributed by atoms with Gasteiger partial charge in [-0.25, -0.2) is 4.79 Å². The van der Waals surface area contributed by atoms with Crippen molar-refractivity contribution >= 4 is 47.0 Å². The Morgan fingerprint density at radius 3 is 1.76 bits per heavy atom. The molecule has 1 aliphatic rings. The maximum absolute atomic E-state index is 12.8. The van der Waals surface area contributed by atoms with Crippen LogP contribution in [0.2, 0.25) is 0 Å². The number of anilines is 3. The third-order valence-electron chi connectivity index (χ3n) is 7.89. The largest absolute Gasteiger partial charge is 0.368 e. The standard InChI is InChI=1S/C41H31N3O2/c45-41-39(40(42-46-41)33-15-7-2-8-16-33)29-38-28-27-34(43(38)30-32-13-5-1-6-14-32)24-21-31-22-25-37(26-23-31)44(35-17-9-3-10-18-35)36-19-11-4-12-20-36/h1-29H,30H2/b24-21+,39-29-. The molecular weight excluding hydrogens is 566 g/mol. The van der Waals surface area contributed by atoms with Crippen LogP contribution in [-0.4, -0.2) is 16.2 Å². The zero-order valence-corrected chi connectivity index (χ0v) is 25.1. The molecule has 1 aromatic heterocycles. The fraction of sp³-hybridized carbons (Fsp3) is 0.0244. The molecule has 5 heteroatoms. The predicted molar refractivity (Wildman–Crippen MR) is 187 cm³/mol. The van der Waals surface area contributed by atoms with Crippen molar-refractivity contribution in [3.8, 4) is 0 Å². The fourth-order valence-electron chi connectivity index (χ4n) is 5.60. The van der Waals surface area contributed by atoms with Gasteiger partial charge in [-0.15, -0.1) is 0 Å². The molecule has 0 saturated heterocycles. The van der Waals surface area contributed by atoms with E-state index in [1.54, 1.807) is 0 Å². The van der Waals surface area contributed by atoms with Gasteiger partial charge in [-0.05, 0) is 71.8 Å². The highest BCUT2D eigenvalue weighted by molar-refractivity contribution is 6.31. The highest BCUT2D eigenvalue weighted by atomic mass is 16.7. The number of hydrogen-bond donors (Lipinski definition) is 0. The van der Waals surface area contributed by atoms with Gasteiger partial charge in [0.1, 0.15) is 5.71 Å². The minimum Gasteiger partial charge on any atom is -0.337 e. The first-order valence-electron chi connectivity index (χ1n) is 15.2. The highest BCUT2D eigenvalue weighted by Gasteiger charge is 2.27. The normalized spacial score (nSPS) is 13.6. The zero-order chi connectivity index (χ0) is 31.1.